The molecule has 1 N–H and O–H groups in total. The van der Waals surface area contributed by atoms with E-state index in [2.05, 4.69) is 46.3 Å². The predicted molar refractivity (Wildman–Crippen MR) is 94.0 cm³/mol. The van der Waals surface area contributed by atoms with E-state index in [1.165, 1.54) is 6.20 Å². The van der Waals surface area contributed by atoms with Gasteiger partial charge in [-0.25, -0.2) is 0 Å². The summed E-state index contributed by atoms with van der Waals surface area (Å²) in [4.78, 5) is 14.0. The molecule has 136 valence electrons. The van der Waals surface area contributed by atoms with Crippen LogP contribution in [0, 0.1) is 5.92 Å². The van der Waals surface area contributed by atoms with Crippen molar-refractivity contribution < 1.29 is 9.32 Å². The smallest absolute Gasteiger partial charge is 0.289 e. The number of amides is 1. The van der Waals surface area contributed by atoms with E-state index in [1.807, 2.05) is 16.6 Å². The lowest BCUT2D eigenvalue weighted by molar-refractivity contribution is 0.0907. The van der Waals surface area contributed by atoms with Crippen LogP contribution in [0.3, 0.4) is 0 Å². The van der Waals surface area contributed by atoms with Gasteiger partial charge in [0, 0.05) is 37.0 Å². The van der Waals surface area contributed by atoms with Crippen molar-refractivity contribution in [2.24, 2.45) is 5.92 Å². The first kappa shape index (κ1) is 16.5. The molecule has 0 saturated carbocycles. The molecule has 0 atom stereocenters. The lowest BCUT2D eigenvalue weighted by Crippen LogP contribution is -2.52. The number of aromatic nitrogens is 5. The fourth-order valence-electron chi connectivity index (χ4n) is 2.96. The number of fused-ring (bicyclic) bond motifs is 1. The van der Waals surface area contributed by atoms with Gasteiger partial charge in [0.25, 0.3) is 5.91 Å². The van der Waals surface area contributed by atoms with Gasteiger partial charge in [-0.3, -0.25) is 4.79 Å². The minimum absolute atomic E-state index is 0.131. The van der Waals surface area contributed by atoms with Gasteiger partial charge in [-0.05, 0) is 12.1 Å². The lowest BCUT2D eigenvalue weighted by atomic mass is 9.96. The maximum Gasteiger partial charge on any atom is 0.289 e. The molecule has 26 heavy (non-hydrogen) atoms. The van der Waals surface area contributed by atoms with E-state index in [0.717, 1.165) is 30.4 Å². The van der Waals surface area contributed by atoms with Crippen LogP contribution in [0.2, 0.25) is 0 Å². The molecule has 9 heteroatoms. The second-order valence-electron chi connectivity index (χ2n) is 7.59. The van der Waals surface area contributed by atoms with E-state index in [0.29, 0.717) is 12.5 Å². The summed E-state index contributed by atoms with van der Waals surface area (Å²) >= 11 is 0. The van der Waals surface area contributed by atoms with Crippen molar-refractivity contribution in [2.75, 3.05) is 24.5 Å². The Bertz CT molecular complexity index is 920. The first-order chi connectivity index (χ1) is 12.4. The molecule has 3 aromatic rings. The Morgan fingerprint density at radius 2 is 2.08 bits per heavy atom. The minimum atomic E-state index is -0.236. The Kier molecular flexibility index (Phi) is 3.86. The highest BCUT2D eigenvalue weighted by Gasteiger charge is 2.29. The number of carbonyl (C=O) groups excluding carboxylic acids is 1. The molecule has 0 aliphatic carbocycles. The van der Waals surface area contributed by atoms with Crippen LogP contribution in [0.5, 0.6) is 0 Å². The molecule has 1 aliphatic heterocycles. The van der Waals surface area contributed by atoms with Crippen molar-refractivity contribution in [1.82, 2.24) is 30.3 Å². The topological polar surface area (TPSA) is 101 Å². The Hall–Kier alpha value is -2.97. The molecule has 1 saturated heterocycles. The van der Waals surface area contributed by atoms with E-state index >= 15 is 0 Å². The molecule has 0 spiro atoms. The Morgan fingerprint density at radius 3 is 2.77 bits per heavy atom. The summed E-state index contributed by atoms with van der Waals surface area (Å²) in [5.74, 6) is 2.10. The third-order valence-electron chi connectivity index (χ3n) is 4.41. The van der Waals surface area contributed by atoms with Crippen molar-refractivity contribution in [3.8, 4) is 0 Å². The monoisotopic (exact) mass is 355 g/mol. The summed E-state index contributed by atoms with van der Waals surface area (Å²) in [6, 6.07) is 5.44. The zero-order valence-corrected chi connectivity index (χ0v) is 15.0. The van der Waals surface area contributed by atoms with Crippen LogP contribution >= 0.6 is 0 Å². The molecule has 1 fully saturated rings. The van der Waals surface area contributed by atoms with Crippen LogP contribution in [0.25, 0.3) is 5.65 Å². The largest absolute Gasteiger partial charge is 0.354 e. The standard InChI is InChI=1S/C17H21N7O2/c1-17(2,3)16-21-20-13-4-5-14(22-24(13)16)23-9-11(10-23)8-18-15(25)12-6-7-19-26-12/h4-7,11H,8-10H2,1-3H3,(H,18,25). The summed E-state index contributed by atoms with van der Waals surface area (Å²) in [5.41, 5.74) is 0.614. The highest BCUT2D eigenvalue weighted by molar-refractivity contribution is 5.91. The number of nitrogens with one attached hydrogen (secondary N) is 1. The highest BCUT2D eigenvalue weighted by Crippen LogP contribution is 2.25. The van der Waals surface area contributed by atoms with Crippen LogP contribution in [-0.2, 0) is 5.41 Å². The Morgan fingerprint density at radius 1 is 1.27 bits per heavy atom. The van der Waals surface area contributed by atoms with Gasteiger partial charge in [0.15, 0.2) is 11.5 Å². The van der Waals surface area contributed by atoms with Gasteiger partial charge < -0.3 is 14.7 Å². The number of hydrogen-bond donors (Lipinski definition) is 1. The van der Waals surface area contributed by atoms with Crippen LogP contribution in [-0.4, -0.2) is 50.5 Å². The van der Waals surface area contributed by atoms with E-state index in [9.17, 15) is 4.79 Å². The van der Waals surface area contributed by atoms with Crippen molar-refractivity contribution >= 4 is 17.4 Å². The zero-order valence-electron chi connectivity index (χ0n) is 15.0. The van der Waals surface area contributed by atoms with Gasteiger partial charge in [-0.15, -0.1) is 15.3 Å². The van der Waals surface area contributed by atoms with E-state index in [-0.39, 0.29) is 17.1 Å². The third kappa shape index (κ3) is 3.00. The number of carbonyl (C=O) groups is 1. The van der Waals surface area contributed by atoms with Gasteiger partial charge in [-0.2, -0.15) is 4.52 Å². The van der Waals surface area contributed by atoms with Crippen molar-refractivity contribution in [2.45, 2.75) is 26.2 Å². The van der Waals surface area contributed by atoms with Gasteiger partial charge in [0.05, 0.1) is 6.20 Å². The average molecular weight is 355 g/mol. The van der Waals surface area contributed by atoms with E-state index in [4.69, 9.17) is 9.62 Å². The van der Waals surface area contributed by atoms with Gasteiger partial charge >= 0.3 is 0 Å². The molecule has 0 aromatic carbocycles. The molecule has 3 aromatic heterocycles. The maximum atomic E-state index is 11.9. The molecule has 0 radical (unpaired) electrons. The van der Waals surface area contributed by atoms with E-state index in [1.54, 1.807) is 6.07 Å². The highest BCUT2D eigenvalue weighted by atomic mass is 16.5. The second kappa shape index (κ2) is 6.08. The Labute approximate surface area is 150 Å². The van der Waals surface area contributed by atoms with Crippen LogP contribution in [0.1, 0.15) is 37.2 Å². The zero-order chi connectivity index (χ0) is 18.3. The average Bonchev–Trinajstić information content (AvgIpc) is 3.21. The minimum Gasteiger partial charge on any atom is -0.354 e. The number of anilines is 1. The van der Waals surface area contributed by atoms with Crippen LogP contribution in [0.4, 0.5) is 5.82 Å². The second-order valence-corrected chi connectivity index (χ2v) is 7.59. The van der Waals surface area contributed by atoms with E-state index < -0.39 is 0 Å². The van der Waals surface area contributed by atoms with Gasteiger partial charge in [-0.1, -0.05) is 25.9 Å². The van der Waals surface area contributed by atoms with Crippen LogP contribution < -0.4 is 10.2 Å². The van der Waals surface area contributed by atoms with Crippen molar-refractivity contribution in [3.63, 3.8) is 0 Å². The molecule has 4 rings (SSSR count). The lowest BCUT2D eigenvalue weighted by Gasteiger charge is -2.40. The van der Waals surface area contributed by atoms with Gasteiger partial charge in [0.1, 0.15) is 5.82 Å². The molecular formula is C17H21N7O2. The number of rotatable bonds is 4. The quantitative estimate of drug-likeness (QED) is 0.752. The first-order valence-electron chi connectivity index (χ1n) is 8.58. The summed E-state index contributed by atoms with van der Waals surface area (Å²) in [6.07, 6.45) is 1.46. The normalized spacial score (nSPS) is 15.3. The molecule has 9 nitrogen and oxygen atoms in total. The van der Waals surface area contributed by atoms with Gasteiger partial charge in [0.2, 0.25) is 5.76 Å². The molecule has 0 unspecified atom stereocenters. The van der Waals surface area contributed by atoms with Crippen molar-refractivity contribution in [3.05, 3.63) is 36.0 Å². The molecule has 1 aliphatic rings. The summed E-state index contributed by atoms with van der Waals surface area (Å²) < 4.78 is 6.66. The fraction of sp³-hybridized carbons (Fsp3) is 0.471. The third-order valence-corrected chi connectivity index (χ3v) is 4.41. The Balaban J connectivity index is 1.39. The molecule has 0 bridgehead atoms. The molecule has 4 heterocycles. The summed E-state index contributed by atoms with van der Waals surface area (Å²) in [6.45, 7) is 8.54. The number of hydrogen-bond acceptors (Lipinski definition) is 7. The maximum absolute atomic E-state index is 11.9. The molecular weight excluding hydrogens is 334 g/mol. The summed E-state index contributed by atoms with van der Waals surface area (Å²) in [7, 11) is 0. The molecule has 1 amide bonds. The van der Waals surface area contributed by atoms with Crippen molar-refractivity contribution in [1.29, 1.82) is 0 Å². The summed E-state index contributed by atoms with van der Waals surface area (Å²) in [5, 5.41) is 19.6. The predicted octanol–water partition coefficient (Wildman–Crippen LogP) is 1.28. The van der Waals surface area contributed by atoms with Crippen LogP contribution in [0.15, 0.2) is 28.9 Å². The first-order valence-corrected chi connectivity index (χ1v) is 8.58. The number of nitrogens with zero attached hydrogens (tertiary/aromatic N) is 6. The SMILES string of the molecule is CC(C)(C)c1nnc2ccc(N3CC(CNC(=O)c4ccno4)C3)nn12. The fourth-order valence-corrected chi connectivity index (χ4v) is 2.96.